The molecule has 1 amide bonds. The summed E-state index contributed by atoms with van der Waals surface area (Å²) in [5.41, 5.74) is 1.03. The molecular formula is C17H15BrClNO4. The Balaban J connectivity index is 2.12. The van der Waals surface area contributed by atoms with Crippen molar-refractivity contribution < 1.29 is 19.8 Å². The number of carbonyl (C=O) groups excluding carboxylic acids is 1. The van der Waals surface area contributed by atoms with Crippen molar-refractivity contribution in [3.05, 3.63) is 69.2 Å². The number of carboxylic acids is 1. The largest absolute Gasteiger partial charge is 0.480 e. The molecule has 0 radical (unpaired) electrons. The molecule has 24 heavy (non-hydrogen) atoms. The van der Waals surface area contributed by atoms with Gasteiger partial charge >= 0.3 is 5.97 Å². The van der Waals surface area contributed by atoms with Crippen LogP contribution in [0.5, 0.6) is 0 Å². The molecular weight excluding hydrogens is 398 g/mol. The number of aliphatic hydroxyl groups is 1. The first-order chi connectivity index (χ1) is 11.4. The molecule has 0 spiro atoms. The van der Waals surface area contributed by atoms with Gasteiger partial charge in [-0.1, -0.05) is 57.9 Å². The van der Waals surface area contributed by atoms with E-state index in [1.165, 1.54) is 0 Å². The monoisotopic (exact) mass is 411 g/mol. The second-order valence-corrected chi connectivity index (χ2v) is 6.44. The first kappa shape index (κ1) is 18.4. The number of amides is 1. The van der Waals surface area contributed by atoms with Crippen molar-refractivity contribution >= 4 is 39.4 Å². The van der Waals surface area contributed by atoms with Crippen molar-refractivity contribution in [3.8, 4) is 0 Å². The number of carbonyl (C=O) groups is 2. The van der Waals surface area contributed by atoms with E-state index in [1.54, 1.807) is 48.5 Å². The molecule has 0 saturated carbocycles. The van der Waals surface area contributed by atoms with Gasteiger partial charge in [0.05, 0.1) is 0 Å². The molecule has 0 aliphatic carbocycles. The Morgan fingerprint density at radius 2 is 1.83 bits per heavy atom. The summed E-state index contributed by atoms with van der Waals surface area (Å²) in [5.74, 6) is -1.97. The number of hydrogen-bond acceptors (Lipinski definition) is 3. The summed E-state index contributed by atoms with van der Waals surface area (Å²) in [6.07, 6.45) is -1.40. The van der Waals surface area contributed by atoms with E-state index in [9.17, 15) is 19.8 Å². The van der Waals surface area contributed by atoms with Crippen molar-refractivity contribution in [2.45, 2.75) is 18.6 Å². The summed E-state index contributed by atoms with van der Waals surface area (Å²) in [5, 5.41) is 22.2. The molecule has 0 unspecified atom stereocenters. The number of hydrogen-bond donors (Lipinski definition) is 3. The van der Waals surface area contributed by atoms with Crippen molar-refractivity contribution in [2.24, 2.45) is 0 Å². The molecule has 0 heterocycles. The SMILES string of the molecule is O=C(N[C@H](Cc1cc(Cl)ccc1Br)C(=O)O)[C@@H](O)c1ccccc1. The first-order valence-corrected chi connectivity index (χ1v) is 8.25. The lowest BCUT2D eigenvalue weighted by molar-refractivity contribution is -0.143. The third kappa shape index (κ3) is 4.80. The van der Waals surface area contributed by atoms with Gasteiger partial charge in [-0.25, -0.2) is 4.79 Å². The van der Waals surface area contributed by atoms with Crippen molar-refractivity contribution in [2.75, 3.05) is 0 Å². The normalized spacial score (nSPS) is 13.1. The number of halogens is 2. The van der Waals surface area contributed by atoms with E-state index in [0.717, 1.165) is 0 Å². The zero-order chi connectivity index (χ0) is 17.7. The fraction of sp³-hybridized carbons (Fsp3) is 0.176. The average molecular weight is 413 g/mol. The Hall–Kier alpha value is -1.89. The minimum atomic E-state index is -1.43. The first-order valence-electron chi connectivity index (χ1n) is 7.08. The molecule has 2 aromatic rings. The van der Waals surface area contributed by atoms with E-state index in [-0.39, 0.29) is 6.42 Å². The molecule has 126 valence electrons. The van der Waals surface area contributed by atoms with Gasteiger partial charge in [-0.3, -0.25) is 4.79 Å². The fourth-order valence-corrected chi connectivity index (χ4v) is 2.76. The van der Waals surface area contributed by atoms with E-state index < -0.39 is 24.0 Å². The van der Waals surface area contributed by atoms with Crippen LogP contribution in [0.3, 0.4) is 0 Å². The number of nitrogens with one attached hydrogen (secondary N) is 1. The van der Waals surface area contributed by atoms with E-state index in [1.807, 2.05) is 0 Å². The minimum absolute atomic E-state index is 0.0315. The molecule has 0 bridgehead atoms. The van der Waals surface area contributed by atoms with Crippen LogP contribution >= 0.6 is 27.5 Å². The van der Waals surface area contributed by atoms with Gasteiger partial charge in [0.25, 0.3) is 5.91 Å². The second-order valence-electron chi connectivity index (χ2n) is 5.15. The molecule has 0 aliphatic rings. The van der Waals surface area contributed by atoms with Gasteiger partial charge in [-0.15, -0.1) is 0 Å². The molecule has 7 heteroatoms. The van der Waals surface area contributed by atoms with E-state index in [4.69, 9.17) is 11.6 Å². The number of aliphatic carboxylic acids is 1. The number of carboxylic acid groups (broad SMARTS) is 1. The Morgan fingerprint density at radius 1 is 1.17 bits per heavy atom. The van der Waals surface area contributed by atoms with Gasteiger partial charge in [-0.2, -0.15) is 0 Å². The smallest absolute Gasteiger partial charge is 0.326 e. The number of rotatable bonds is 6. The zero-order valence-corrected chi connectivity index (χ0v) is 14.8. The van der Waals surface area contributed by atoms with Crippen LogP contribution in [-0.2, 0) is 16.0 Å². The lowest BCUT2D eigenvalue weighted by Crippen LogP contribution is -2.44. The summed E-state index contributed by atoms with van der Waals surface area (Å²) >= 11 is 9.25. The highest BCUT2D eigenvalue weighted by molar-refractivity contribution is 9.10. The summed E-state index contributed by atoms with van der Waals surface area (Å²) in [4.78, 5) is 23.6. The summed E-state index contributed by atoms with van der Waals surface area (Å²) < 4.78 is 0.691. The third-order valence-electron chi connectivity index (χ3n) is 3.41. The second kappa shape index (κ2) is 8.28. The van der Waals surface area contributed by atoms with Gasteiger partial charge < -0.3 is 15.5 Å². The standard InChI is InChI=1S/C17H15BrClNO4/c18-13-7-6-12(19)8-11(13)9-14(17(23)24)20-16(22)15(21)10-4-2-1-3-5-10/h1-8,14-15,21H,9H2,(H,20,22)(H,23,24)/t14-,15+/m1/s1. The molecule has 0 aliphatic heterocycles. The van der Waals surface area contributed by atoms with Crippen LogP contribution in [0, 0.1) is 0 Å². The molecule has 5 nitrogen and oxygen atoms in total. The number of benzene rings is 2. The van der Waals surface area contributed by atoms with Crippen LogP contribution in [0.1, 0.15) is 17.2 Å². The van der Waals surface area contributed by atoms with E-state index in [2.05, 4.69) is 21.2 Å². The van der Waals surface area contributed by atoms with E-state index >= 15 is 0 Å². The quantitative estimate of drug-likeness (QED) is 0.681. The van der Waals surface area contributed by atoms with Crippen molar-refractivity contribution in [1.82, 2.24) is 5.32 Å². The van der Waals surface area contributed by atoms with Gasteiger partial charge in [0.1, 0.15) is 6.04 Å². The molecule has 2 atom stereocenters. The molecule has 0 saturated heterocycles. The minimum Gasteiger partial charge on any atom is -0.480 e. The predicted octanol–water partition coefficient (Wildman–Crippen LogP) is 2.95. The molecule has 3 N–H and O–H groups in total. The highest BCUT2D eigenvalue weighted by Crippen LogP contribution is 2.23. The highest BCUT2D eigenvalue weighted by atomic mass is 79.9. The lowest BCUT2D eigenvalue weighted by Gasteiger charge is -2.18. The fourth-order valence-electron chi connectivity index (χ4n) is 2.16. The van der Waals surface area contributed by atoms with Crippen molar-refractivity contribution in [1.29, 1.82) is 0 Å². The predicted molar refractivity (Wildman–Crippen MR) is 93.8 cm³/mol. The Kier molecular flexibility index (Phi) is 6.36. The van der Waals surface area contributed by atoms with Gasteiger partial charge in [-0.05, 0) is 29.3 Å². The third-order valence-corrected chi connectivity index (χ3v) is 4.42. The summed E-state index contributed by atoms with van der Waals surface area (Å²) in [6, 6.07) is 12.1. The maximum absolute atomic E-state index is 12.1. The summed E-state index contributed by atoms with van der Waals surface area (Å²) in [7, 11) is 0. The Labute approximate surface area is 152 Å². The maximum Gasteiger partial charge on any atom is 0.326 e. The average Bonchev–Trinajstić information content (AvgIpc) is 2.57. The molecule has 2 rings (SSSR count). The Bertz CT molecular complexity index is 739. The topological polar surface area (TPSA) is 86.6 Å². The summed E-state index contributed by atoms with van der Waals surface area (Å²) in [6.45, 7) is 0. The molecule has 0 aromatic heterocycles. The number of aliphatic hydroxyl groups excluding tert-OH is 1. The van der Waals surface area contributed by atoms with Crippen LogP contribution in [0.2, 0.25) is 5.02 Å². The van der Waals surface area contributed by atoms with Crippen LogP contribution in [-0.4, -0.2) is 28.1 Å². The lowest BCUT2D eigenvalue weighted by atomic mass is 10.0. The maximum atomic E-state index is 12.1. The van der Waals surface area contributed by atoms with Crippen LogP contribution < -0.4 is 5.32 Å². The van der Waals surface area contributed by atoms with E-state index in [0.29, 0.717) is 20.6 Å². The van der Waals surface area contributed by atoms with Crippen LogP contribution in [0.25, 0.3) is 0 Å². The zero-order valence-electron chi connectivity index (χ0n) is 12.4. The van der Waals surface area contributed by atoms with Gasteiger partial charge in [0.2, 0.25) is 0 Å². The molecule has 0 fully saturated rings. The van der Waals surface area contributed by atoms with Crippen LogP contribution in [0.4, 0.5) is 0 Å². The highest BCUT2D eigenvalue weighted by Gasteiger charge is 2.25. The van der Waals surface area contributed by atoms with Crippen molar-refractivity contribution in [3.63, 3.8) is 0 Å². The van der Waals surface area contributed by atoms with Gasteiger partial charge in [0, 0.05) is 15.9 Å². The molecule has 2 aromatic carbocycles. The van der Waals surface area contributed by atoms with Crippen LogP contribution in [0.15, 0.2) is 53.0 Å². The Morgan fingerprint density at radius 3 is 2.46 bits per heavy atom. The van der Waals surface area contributed by atoms with Gasteiger partial charge in [0.15, 0.2) is 6.10 Å².